The third kappa shape index (κ3) is 1.63. The summed E-state index contributed by atoms with van der Waals surface area (Å²) >= 11 is 9.12. The van der Waals surface area contributed by atoms with Gasteiger partial charge in [-0.25, -0.2) is 4.68 Å². The SMILES string of the molecule is Nc1c(Br)cccc1-n1cc(Cl)cn1. The quantitative estimate of drug-likeness (QED) is 0.811. The Morgan fingerprint density at radius 1 is 1.43 bits per heavy atom. The van der Waals surface area contributed by atoms with Gasteiger partial charge in [0.05, 0.1) is 22.6 Å². The number of aromatic nitrogens is 2. The van der Waals surface area contributed by atoms with E-state index in [0.717, 1.165) is 10.2 Å². The standard InChI is InChI=1S/C9H7BrClN3/c10-7-2-1-3-8(9(7)12)14-5-6(11)4-13-14/h1-5H,12H2. The molecule has 1 aromatic carbocycles. The van der Waals surface area contributed by atoms with Gasteiger partial charge in [-0.05, 0) is 28.1 Å². The Morgan fingerprint density at radius 2 is 2.21 bits per heavy atom. The molecule has 0 amide bonds. The molecule has 0 radical (unpaired) electrons. The topological polar surface area (TPSA) is 43.8 Å². The molecule has 0 fully saturated rings. The average molecular weight is 273 g/mol. The number of hydrogen-bond acceptors (Lipinski definition) is 2. The van der Waals surface area contributed by atoms with Crippen molar-refractivity contribution < 1.29 is 0 Å². The Kier molecular flexibility index (Phi) is 2.48. The van der Waals surface area contributed by atoms with Crippen LogP contribution in [0.5, 0.6) is 0 Å². The van der Waals surface area contributed by atoms with E-state index in [4.69, 9.17) is 17.3 Å². The molecule has 0 aliphatic rings. The number of nitrogens with zero attached hydrogens (tertiary/aromatic N) is 2. The molecular weight excluding hydrogens is 265 g/mol. The van der Waals surface area contributed by atoms with E-state index in [1.807, 2.05) is 18.2 Å². The Morgan fingerprint density at radius 3 is 2.86 bits per heavy atom. The van der Waals surface area contributed by atoms with Crippen LogP contribution in [0.3, 0.4) is 0 Å². The number of nitrogen functional groups attached to an aromatic ring is 1. The molecule has 5 heteroatoms. The number of hydrogen-bond donors (Lipinski definition) is 1. The predicted octanol–water partition coefficient (Wildman–Crippen LogP) is 2.87. The van der Waals surface area contributed by atoms with Crippen molar-refractivity contribution in [2.24, 2.45) is 0 Å². The van der Waals surface area contributed by atoms with Gasteiger partial charge in [0.25, 0.3) is 0 Å². The summed E-state index contributed by atoms with van der Waals surface area (Å²) in [5.74, 6) is 0. The lowest BCUT2D eigenvalue weighted by molar-refractivity contribution is 0.882. The number of rotatable bonds is 1. The van der Waals surface area contributed by atoms with Crippen molar-refractivity contribution >= 4 is 33.2 Å². The number of benzene rings is 1. The monoisotopic (exact) mass is 271 g/mol. The molecule has 1 heterocycles. The first kappa shape index (κ1) is 9.55. The lowest BCUT2D eigenvalue weighted by Crippen LogP contribution is -2.00. The van der Waals surface area contributed by atoms with Crippen LogP contribution in [0.25, 0.3) is 5.69 Å². The summed E-state index contributed by atoms with van der Waals surface area (Å²) in [6.07, 6.45) is 3.28. The molecule has 2 N–H and O–H groups in total. The number of para-hydroxylation sites is 1. The first-order valence-electron chi connectivity index (χ1n) is 3.93. The first-order valence-corrected chi connectivity index (χ1v) is 5.10. The Bertz CT molecular complexity index is 467. The summed E-state index contributed by atoms with van der Waals surface area (Å²) < 4.78 is 2.49. The molecule has 1 aromatic heterocycles. The summed E-state index contributed by atoms with van der Waals surface area (Å²) in [6.45, 7) is 0. The van der Waals surface area contributed by atoms with Crippen molar-refractivity contribution in [3.05, 3.63) is 40.1 Å². The third-order valence-electron chi connectivity index (χ3n) is 1.83. The predicted molar refractivity (Wildman–Crippen MR) is 60.7 cm³/mol. The normalized spacial score (nSPS) is 10.4. The van der Waals surface area contributed by atoms with Crippen LogP contribution in [0, 0.1) is 0 Å². The molecule has 72 valence electrons. The second kappa shape index (κ2) is 3.63. The molecular formula is C9H7BrClN3. The van der Waals surface area contributed by atoms with Crippen molar-refractivity contribution in [3.8, 4) is 5.69 Å². The van der Waals surface area contributed by atoms with Gasteiger partial charge in [0, 0.05) is 10.7 Å². The molecule has 0 aliphatic heterocycles. The second-order valence-corrected chi connectivity index (χ2v) is 4.07. The fourth-order valence-corrected chi connectivity index (χ4v) is 1.65. The van der Waals surface area contributed by atoms with Crippen molar-refractivity contribution in [2.75, 3.05) is 5.73 Å². The van der Waals surface area contributed by atoms with Crippen LogP contribution in [-0.4, -0.2) is 9.78 Å². The van der Waals surface area contributed by atoms with Gasteiger partial charge >= 0.3 is 0 Å². The van der Waals surface area contributed by atoms with E-state index in [1.165, 1.54) is 0 Å². The molecule has 3 nitrogen and oxygen atoms in total. The van der Waals surface area contributed by atoms with Gasteiger partial charge < -0.3 is 5.73 Å². The van der Waals surface area contributed by atoms with Gasteiger partial charge in [-0.15, -0.1) is 0 Å². The van der Waals surface area contributed by atoms with Crippen molar-refractivity contribution in [1.29, 1.82) is 0 Å². The van der Waals surface area contributed by atoms with Gasteiger partial charge in [0.1, 0.15) is 0 Å². The summed E-state index contributed by atoms with van der Waals surface area (Å²) in [4.78, 5) is 0. The molecule has 14 heavy (non-hydrogen) atoms. The third-order valence-corrected chi connectivity index (χ3v) is 2.71. The minimum Gasteiger partial charge on any atom is -0.396 e. The first-order chi connectivity index (χ1) is 6.68. The van der Waals surface area contributed by atoms with Crippen LogP contribution in [-0.2, 0) is 0 Å². The fraction of sp³-hybridized carbons (Fsp3) is 0. The van der Waals surface area contributed by atoms with Crippen LogP contribution in [0.2, 0.25) is 5.02 Å². The zero-order chi connectivity index (χ0) is 10.1. The molecule has 0 saturated carbocycles. The highest BCUT2D eigenvalue weighted by Crippen LogP contribution is 2.26. The number of halogens is 2. The highest BCUT2D eigenvalue weighted by molar-refractivity contribution is 9.10. The minimum absolute atomic E-state index is 0.587. The lowest BCUT2D eigenvalue weighted by Gasteiger charge is -2.06. The smallest absolute Gasteiger partial charge is 0.0887 e. The zero-order valence-corrected chi connectivity index (χ0v) is 9.46. The van der Waals surface area contributed by atoms with Crippen LogP contribution in [0.15, 0.2) is 35.1 Å². The summed E-state index contributed by atoms with van der Waals surface area (Å²) in [5, 5.41) is 4.66. The van der Waals surface area contributed by atoms with Gasteiger partial charge in [-0.1, -0.05) is 17.7 Å². The minimum atomic E-state index is 0.587. The van der Waals surface area contributed by atoms with Crippen LogP contribution in [0.1, 0.15) is 0 Å². The van der Waals surface area contributed by atoms with E-state index in [1.54, 1.807) is 17.1 Å². The van der Waals surface area contributed by atoms with E-state index in [9.17, 15) is 0 Å². The van der Waals surface area contributed by atoms with E-state index in [0.29, 0.717) is 10.7 Å². The van der Waals surface area contributed by atoms with Crippen molar-refractivity contribution in [3.63, 3.8) is 0 Å². The van der Waals surface area contributed by atoms with Crippen LogP contribution in [0.4, 0.5) is 5.69 Å². The van der Waals surface area contributed by atoms with Gasteiger partial charge in [-0.2, -0.15) is 5.10 Å². The van der Waals surface area contributed by atoms with Crippen molar-refractivity contribution in [1.82, 2.24) is 9.78 Å². The largest absolute Gasteiger partial charge is 0.396 e. The maximum Gasteiger partial charge on any atom is 0.0887 e. The summed E-state index contributed by atoms with van der Waals surface area (Å²) in [6, 6.07) is 5.65. The zero-order valence-electron chi connectivity index (χ0n) is 7.11. The Labute approximate surface area is 94.6 Å². The van der Waals surface area contributed by atoms with Gasteiger partial charge in [-0.3, -0.25) is 0 Å². The van der Waals surface area contributed by atoms with E-state index < -0.39 is 0 Å². The van der Waals surface area contributed by atoms with Crippen LogP contribution >= 0.6 is 27.5 Å². The Balaban J connectivity index is 2.57. The molecule has 0 saturated heterocycles. The molecule has 0 bridgehead atoms. The van der Waals surface area contributed by atoms with Crippen LogP contribution < -0.4 is 5.73 Å². The summed E-state index contributed by atoms with van der Waals surface area (Å²) in [7, 11) is 0. The lowest BCUT2D eigenvalue weighted by atomic mass is 10.3. The number of nitrogens with two attached hydrogens (primary N) is 1. The maximum absolute atomic E-state index is 5.87. The molecule has 2 aromatic rings. The highest BCUT2D eigenvalue weighted by Gasteiger charge is 2.05. The number of anilines is 1. The molecule has 0 spiro atoms. The van der Waals surface area contributed by atoms with Gasteiger partial charge in [0.15, 0.2) is 0 Å². The van der Waals surface area contributed by atoms with E-state index in [2.05, 4.69) is 21.0 Å². The Hall–Kier alpha value is -1.00. The molecule has 0 unspecified atom stereocenters. The second-order valence-electron chi connectivity index (χ2n) is 2.78. The fourth-order valence-electron chi connectivity index (χ4n) is 1.16. The highest BCUT2D eigenvalue weighted by atomic mass is 79.9. The molecule has 0 aliphatic carbocycles. The van der Waals surface area contributed by atoms with Crippen molar-refractivity contribution in [2.45, 2.75) is 0 Å². The van der Waals surface area contributed by atoms with E-state index in [-0.39, 0.29) is 0 Å². The van der Waals surface area contributed by atoms with E-state index >= 15 is 0 Å². The maximum atomic E-state index is 5.87. The molecule has 0 atom stereocenters. The average Bonchev–Trinajstić information content (AvgIpc) is 2.57. The summed E-state index contributed by atoms with van der Waals surface area (Å²) in [5.41, 5.74) is 7.33. The molecule has 2 rings (SSSR count). The van der Waals surface area contributed by atoms with Gasteiger partial charge in [0.2, 0.25) is 0 Å².